The van der Waals surface area contributed by atoms with Gasteiger partial charge in [0.25, 0.3) is 0 Å². The fraction of sp³-hybridized carbons (Fsp3) is 0.591. The van der Waals surface area contributed by atoms with Crippen LogP contribution in [0, 0.1) is 12.8 Å². The van der Waals surface area contributed by atoms with Gasteiger partial charge in [0.1, 0.15) is 0 Å². The molecular formula is C22H30N4O2. The maximum atomic E-state index is 12.9. The molecule has 2 aromatic rings. The largest absolute Gasteiger partial charge is 0.376 e. The predicted molar refractivity (Wildman–Crippen MR) is 110 cm³/mol. The Kier molecular flexibility index (Phi) is 5.76. The van der Waals surface area contributed by atoms with Crippen molar-refractivity contribution in [3.05, 3.63) is 30.0 Å². The van der Waals surface area contributed by atoms with Gasteiger partial charge in [-0.05, 0) is 45.1 Å². The lowest BCUT2D eigenvalue weighted by Crippen LogP contribution is -2.44. The molecule has 3 heterocycles. The van der Waals surface area contributed by atoms with E-state index in [-0.39, 0.29) is 17.9 Å². The van der Waals surface area contributed by atoms with E-state index in [1.54, 1.807) is 0 Å². The number of amides is 1. The number of hydrogen-bond acceptors (Lipinski definition) is 5. The minimum atomic E-state index is 0.0893. The highest BCUT2D eigenvalue weighted by Gasteiger charge is 2.29. The lowest BCUT2D eigenvalue weighted by atomic mass is 9.95. The number of likely N-dealkylation sites (N-methyl/N-ethyl adjacent to an activating group) is 1. The third-order valence-corrected chi connectivity index (χ3v) is 6.04. The number of benzene rings is 1. The van der Waals surface area contributed by atoms with Crippen molar-refractivity contribution in [3.8, 4) is 0 Å². The predicted octanol–water partition coefficient (Wildman–Crippen LogP) is 3.18. The SMILES string of the molecule is Cc1nc(N2CCC(C(=O)N(C)C[C@@H]3CCCCO3)CC2)nc2ccccc12. The van der Waals surface area contributed by atoms with Gasteiger partial charge in [0.2, 0.25) is 11.9 Å². The highest BCUT2D eigenvalue weighted by Crippen LogP contribution is 2.25. The second-order valence-corrected chi connectivity index (χ2v) is 8.09. The average Bonchev–Trinajstić information content (AvgIpc) is 2.74. The molecule has 0 spiro atoms. The third-order valence-electron chi connectivity index (χ3n) is 6.04. The Hall–Kier alpha value is -2.21. The van der Waals surface area contributed by atoms with Crippen molar-refractivity contribution in [2.75, 3.05) is 38.2 Å². The van der Waals surface area contributed by atoms with Gasteiger partial charge in [-0.25, -0.2) is 9.97 Å². The molecule has 1 amide bonds. The summed E-state index contributed by atoms with van der Waals surface area (Å²) < 4.78 is 5.79. The number of aryl methyl sites for hydroxylation is 1. The number of carbonyl (C=O) groups excluding carboxylic acids is 1. The highest BCUT2D eigenvalue weighted by atomic mass is 16.5. The number of anilines is 1. The second kappa shape index (κ2) is 8.43. The number of aromatic nitrogens is 2. The van der Waals surface area contributed by atoms with Gasteiger partial charge in [-0.2, -0.15) is 0 Å². The van der Waals surface area contributed by atoms with E-state index in [0.29, 0.717) is 6.54 Å². The summed E-state index contributed by atoms with van der Waals surface area (Å²) in [5.74, 6) is 1.13. The van der Waals surface area contributed by atoms with Crippen molar-refractivity contribution in [1.82, 2.24) is 14.9 Å². The molecule has 6 nitrogen and oxygen atoms in total. The zero-order valence-corrected chi connectivity index (χ0v) is 16.9. The van der Waals surface area contributed by atoms with Gasteiger partial charge in [0.15, 0.2) is 0 Å². The molecule has 0 bridgehead atoms. The Morgan fingerprint density at radius 2 is 1.96 bits per heavy atom. The van der Waals surface area contributed by atoms with Gasteiger partial charge in [-0.15, -0.1) is 0 Å². The number of ether oxygens (including phenoxy) is 1. The number of rotatable bonds is 4. The van der Waals surface area contributed by atoms with Crippen molar-refractivity contribution in [1.29, 1.82) is 0 Å². The number of nitrogens with zero attached hydrogens (tertiary/aromatic N) is 4. The van der Waals surface area contributed by atoms with Crippen LogP contribution >= 0.6 is 0 Å². The molecule has 0 radical (unpaired) electrons. The van der Waals surface area contributed by atoms with Gasteiger partial charge >= 0.3 is 0 Å². The lowest BCUT2D eigenvalue weighted by molar-refractivity contribution is -0.137. The van der Waals surface area contributed by atoms with Gasteiger partial charge in [-0.3, -0.25) is 4.79 Å². The normalized spacial score (nSPS) is 21.1. The molecule has 0 unspecified atom stereocenters. The van der Waals surface area contributed by atoms with Crippen LogP contribution in [-0.2, 0) is 9.53 Å². The molecule has 6 heteroatoms. The van der Waals surface area contributed by atoms with E-state index in [9.17, 15) is 4.79 Å². The molecule has 1 aromatic carbocycles. The zero-order valence-electron chi connectivity index (χ0n) is 16.9. The van der Waals surface area contributed by atoms with Gasteiger partial charge in [0.05, 0.1) is 17.3 Å². The molecule has 2 saturated heterocycles. The summed E-state index contributed by atoms with van der Waals surface area (Å²) in [6.45, 7) is 5.22. The van der Waals surface area contributed by atoms with Gasteiger partial charge in [-0.1, -0.05) is 18.2 Å². The van der Waals surface area contributed by atoms with Gasteiger partial charge < -0.3 is 14.5 Å². The first kappa shape index (κ1) is 19.1. The summed E-state index contributed by atoms with van der Waals surface area (Å²) in [5.41, 5.74) is 1.99. The first-order chi connectivity index (χ1) is 13.6. The number of para-hydroxylation sites is 1. The summed E-state index contributed by atoms with van der Waals surface area (Å²) in [6.07, 6.45) is 5.32. The van der Waals surface area contributed by atoms with Crippen molar-refractivity contribution >= 4 is 22.8 Å². The van der Waals surface area contributed by atoms with Crippen LogP contribution in [0.1, 0.15) is 37.8 Å². The summed E-state index contributed by atoms with van der Waals surface area (Å²) in [7, 11) is 1.92. The topological polar surface area (TPSA) is 58.6 Å². The molecule has 0 saturated carbocycles. The molecule has 2 aliphatic heterocycles. The van der Waals surface area contributed by atoms with Crippen LogP contribution in [0.5, 0.6) is 0 Å². The monoisotopic (exact) mass is 382 g/mol. The number of piperidine rings is 1. The van der Waals surface area contributed by atoms with Crippen LogP contribution in [0.25, 0.3) is 10.9 Å². The Balaban J connectivity index is 1.35. The molecule has 150 valence electrons. The van der Waals surface area contributed by atoms with Gasteiger partial charge in [0, 0.05) is 44.6 Å². The Bertz CT molecular complexity index is 826. The fourth-order valence-corrected chi connectivity index (χ4v) is 4.35. The Morgan fingerprint density at radius 1 is 1.18 bits per heavy atom. The minimum Gasteiger partial charge on any atom is -0.376 e. The highest BCUT2D eigenvalue weighted by molar-refractivity contribution is 5.82. The molecular weight excluding hydrogens is 352 g/mol. The van der Waals surface area contributed by atoms with E-state index in [4.69, 9.17) is 14.7 Å². The molecule has 1 atom stereocenters. The number of carbonyl (C=O) groups is 1. The van der Waals surface area contributed by atoms with Crippen LogP contribution in [-0.4, -0.2) is 60.2 Å². The quantitative estimate of drug-likeness (QED) is 0.813. The van der Waals surface area contributed by atoms with Crippen molar-refractivity contribution < 1.29 is 9.53 Å². The van der Waals surface area contributed by atoms with Crippen LogP contribution in [0.15, 0.2) is 24.3 Å². The first-order valence-electron chi connectivity index (χ1n) is 10.5. The zero-order chi connectivity index (χ0) is 19.5. The minimum absolute atomic E-state index is 0.0893. The molecule has 2 aliphatic rings. The van der Waals surface area contributed by atoms with E-state index in [2.05, 4.69) is 11.0 Å². The molecule has 2 fully saturated rings. The average molecular weight is 383 g/mol. The molecule has 28 heavy (non-hydrogen) atoms. The molecule has 0 N–H and O–H groups in total. The standard InChI is InChI=1S/C22H30N4O2/c1-16-19-8-3-4-9-20(19)24-22(23-16)26-12-10-17(11-13-26)21(27)25(2)15-18-7-5-6-14-28-18/h3-4,8-9,17-18H,5-7,10-15H2,1-2H3/t18-/m0/s1. The molecule has 4 rings (SSSR count). The summed E-state index contributed by atoms with van der Waals surface area (Å²) in [5, 5.41) is 1.10. The molecule has 0 aliphatic carbocycles. The maximum Gasteiger partial charge on any atom is 0.226 e. The number of hydrogen-bond donors (Lipinski definition) is 0. The van der Waals surface area contributed by atoms with Crippen LogP contribution in [0.3, 0.4) is 0 Å². The molecule has 1 aromatic heterocycles. The number of fused-ring (bicyclic) bond motifs is 1. The Labute approximate surface area is 166 Å². The third kappa shape index (κ3) is 4.12. The van der Waals surface area contributed by atoms with Crippen molar-refractivity contribution in [3.63, 3.8) is 0 Å². The summed E-state index contributed by atoms with van der Waals surface area (Å²) in [4.78, 5) is 26.4. The first-order valence-corrected chi connectivity index (χ1v) is 10.5. The van der Waals surface area contributed by atoms with Crippen LogP contribution < -0.4 is 4.90 Å². The van der Waals surface area contributed by atoms with Crippen molar-refractivity contribution in [2.45, 2.75) is 45.1 Å². The van der Waals surface area contributed by atoms with Crippen molar-refractivity contribution in [2.24, 2.45) is 5.92 Å². The summed E-state index contributed by atoms with van der Waals surface area (Å²) >= 11 is 0. The van der Waals surface area contributed by atoms with E-state index < -0.39 is 0 Å². The lowest BCUT2D eigenvalue weighted by Gasteiger charge is -2.34. The Morgan fingerprint density at radius 3 is 2.71 bits per heavy atom. The van der Waals surface area contributed by atoms with E-state index in [1.165, 1.54) is 6.42 Å². The summed E-state index contributed by atoms with van der Waals surface area (Å²) in [6, 6.07) is 8.12. The van der Waals surface area contributed by atoms with E-state index >= 15 is 0 Å². The van der Waals surface area contributed by atoms with E-state index in [1.807, 2.05) is 37.1 Å². The fourth-order valence-electron chi connectivity index (χ4n) is 4.35. The second-order valence-electron chi connectivity index (χ2n) is 8.09. The maximum absolute atomic E-state index is 12.9. The van der Waals surface area contributed by atoms with Crippen LogP contribution in [0.4, 0.5) is 5.95 Å². The van der Waals surface area contributed by atoms with Crippen LogP contribution in [0.2, 0.25) is 0 Å². The van der Waals surface area contributed by atoms with E-state index in [0.717, 1.165) is 67.9 Å². The smallest absolute Gasteiger partial charge is 0.226 e.